The Labute approximate surface area is 76.3 Å². The van der Waals surface area contributed by atoms with E-state index >= 15 is 0 Å². The summed E-state index contributed by atoms with van der Waals surface area (Å²) in [4.78, 5) is 0. The number of hydrogen-bond acceptors (Lipinski definition) is 1. The first-order chi connectivity index (χ1) is 5.33. The van der Waals surface area contributed by atoms with Crippen molar-refractivity contribution in [3.05, 3.63) is 24.0 Å². The van der Waals surface area contributed by atoms with Gasteiger partial charge in [-0.25, -0.2) is 0 Å². The summed E-state index contributed by atoms with van der Waals surface area (Å²) in [5.74, 6) is 0. The first-order valence-electron chi connectivity index (χ1n) is 3.86. The third-order valence-corrected chi connectivity index (χ3v) is 2.53. The van der Waals surface area contributed by atoms with E-state index in [9.17, 15) is 0 Å². The fraction of sp³-hybridized carbons (Fsp3) is 0.556. The van der Waals surface area contributed by atoms with Gasteiger partial charge in [0.15, 0.2) is 0 Å². The van der Waals surface area contributed by atoms with Crippen LogP contribution in [-0.4, -0.2) is 11.4 Å². The molecule has 1 rings (SSSR count). The fourth-order valence-electron chi connectivity index (χ4n) is 1.04. The third-order valence-electron chi connectivity index (χ3n) is 1.65. The van der Waals surface area contributed by atoms with Crippen LogP contribution in [0.4, 0.5) is 0 Å². The summed E-state index contributed by atoms with van der Waals surface area (Å²) in [5, 5.41) is 0.941. The van der Waals surface area contributed by atoms with Crippen molar-refractivity contribution in [3.8, 4) is 0 Å². The topological polar surface area (TPSA) is 9.23 Å². The maximum atomic E-state index is 5.37. The van der Waals surface area contributed by atoms with Crippen LogP contribution in [0.5, 0.6) is 0 Å². The van der Waals surface area contributed by atoms with Crippen LogP contribution in [0.1, 0.15) is 19.8 Å². The first-order valence-corrected chi connectivity index (χ1v) is 4.99. The molecule has 0 N–H and O–H groups in total. The highest BCUT2D eigenvalue weighted by Crippen LogP contribution is 2.13. The van der Waals surface area contributed by atoms with E-state index in [0.29, 0.717) is 6.10 Å². The van der Waals surface area contributed by atoms with Gasteiger partial charge in [-0.2, -0.15) is 0 Å². The van der Waals surface area contributed by atoms with Gasteiger partial charge in [-0.05, 0) is 31.9 Å². The summed E-state index contributed by atoms with van der Waals surface area (Å²) in [6, 6.07) is 0. The zero-order valence-electron chi connectivity index (χ0n) is 6.72. The van der Waals surface area contributed by atoms with Gasteiger partial charge < -0.3 is 4.74 Å². The Hall–Kier alpha value is -0.240. The van der Waals surface area contributed by atoms with Crippen molar-refractivity contribution in [1.29, 1.82) is 0 Å². The minimum atomic E-state index is 0.303. The number of rotatable bonds is 2. The summed E-state index contributed by atoms with van der Waals surface area (Å²) in [5.41, 5.74) is 1.34. The molecule has 0 aromatic rings. The zero-order chi connectivity index (χ0) is 8.10. The van der Waals surface area contributed by atoms with Crippen LogP contribution in [0, 0.1) is 0 Å². The van der Waals surface area contributed by atoms with Gasteiger partial charge in [0.05, 0.1) is 6.26 Å². The van der Waals surface area contributed by atoms with Gasteiger partial charge in [-0.1, -0.05) is 21.5 Å². The van der Waals surface area contributed by atoms with Crippen LogP contribution in [0.25, 0.3) is 0 Å². The van der Waals surface area contributed by atoms with E-state index in [1.165, 1.54) is 5.57 Å². The standard InChI is InChI=1S/C9H13BrO/c1-8(7-10)6-9-4-2-3-5-11-9/h3,5-6,9H,2,4,7H2,1H3. The average Bonchev–Trinajstić information content (AvgIpc) is 2.06. The molecule has 2 heteroatoms. The van der Waals surface area contributed by atoms with Crippen molar-refractivity contribution in [2.24, 2.45) is 0 Å². The summed E-state index contributed by atoms with van der Waals surface area (Å²) in [6.07, 6.45) is 8.59. The van der Waals surface area contributed by atoms with E-state index in [0.717, 1.165) is 18.2 Å². The van der Waals surface area contributed by atoms with E-state index in [4.69, 9.17) is 4.74 Å². The van der Waals surface area contributed by atoms with Gasteiger partial charge in [0.2, 0.25) is 0 Å². The van der Waals surface area contributed by atoms with Crippen molar-refractivity contribution < 1.29 is 4.74 Å². The second-order valence-corrected chi connectivity index (χ2v) is 3.33. The Morgan fingerprint density at radius 1 is 1.82 bits per heavy atom. The first kappa shape index (κ1) is 8.85. The molecule has 0 aliphatic carbocycles. The third kappa shape index (κ3) is 3.10. The molecule has 62 valence electrons. The fourth-order valence-corrected chi connectivity index (χ4v) is 1.22. The van der Waals surface area contributed by atoms with Crippen LogP contribution >= 0.6 is 15.9 Å². The van der Waals surface area contributed by atoms with Crippen molar-refractivity contribution in [1.82, 2.24) is 0 Å². The lowest BCUT2D eigenvalue weighted by molar-refractivity contribution is 0.164. The van der Waals surface area contributed by atoms with Gasteiger partial charge in [-0.3, -0.25) is 0 Å². The predicted molar refractivity (Wildman–Crippen MR) is 50.8 cm³/mol. The Kier molecular flexibility index (Phi) is 3.70. The summed E-state index contributed by atoms with van der Waals surface area (Å²) >= 11 is 3.40. The highest BCUT2D eigenvalue weighted by molar-refractivity contribution is 9.09. The largest absolute Gasteiger partial charge is 0.494 e. The van der Waals surface area contributed by atoms with Crippen molar-refractivity contribution >= 4 is 15.9 Å². The van der Waals surface area contributed by atoms with Crippen LogP contribution in [0.2, 0.25) is 0 Å². The molecule has 0 aromatic carbocycles. The molecule has 1 unspecified atom stereocenters. The van der Waals surface area contributed by atoms with E-state index in [1.54, 1.807) is 6.26 Å². The molecule has 1 heterocycles. The van der Waals surface area contributed by atoms with Crippen LogP contribution in [-0.2, 0) is 4.74 Å². The number of alkyl halides is 1. The molecule has 0 fully saturated rings. The summed E-state index contributed by atoms with van der Waals surface area (Å²) in [6.45, 7) is 2.11. The Morgan fingerprint density at radius 2 is 2.64 bits per heavy atom. The van der Waals surface area contributed by atoms with Crippen molar-refractivity contribution in [2.75, 3.05) is 5.33 Å². The maximum Gasteiger partial charge on any atom is 0.116 e. The molecule has 0 amide bonds. The zero-order valence-corrected chi connectivity index (χ0v) is 8.30. The van der Waals surface area contributed by atoms with Crippen molar-refractivity contribution in [2.45, 2.75) is 25.9 Å². The second kappa shape index (κ2) is 4.60. The SMILES string of the molecule is CC(=CC1CCC=CO1)CBr. The van der Waals surface area contributed by atoms with E-state index < -0.39 is 0 Å². The molecule has 0 saturated heterocycles. The minimum Gasteiger partial charge on any atom is -0.494 e. The second-order valence-electron chi connectivity index (χ2n) is 2.77. The molecule has 0 saturated carbocycles. The van der Waals surface area contributed by atoms with E-state index in [2.05, 4.69) is 35.0 Å². The molecule has 1 aliphatic rings. The summed E-state index contributed by atoms with van der Waals surface area (Å²) in [7, 11) is 0. The minimum absolute atomic E-state index is 0.303. The molecular weight excluding hydrogens is 204 g/mol. The molecule has 0 bridgehead atoms. The number of allylic oxidation sites excluding steroid dienone is 2. The lowest BCUT2D eigenvalue weighted by atomic mass is 10.1. The molecule has 1 aliphatic heterocycles. The van der Waals surface area contributed by atoms with Gasteiger partial charge >= 0.3 is 0 Å². The highest BCUT2D eigenvalue weighted by atomic mass is 79.9. The normalized spacial score (nSPS) is 24.9. The Balaban J connectivity index is 2.42. The van der Waals surface area contributed by atoms with Gasteiger partial charge in [0.1, 0.15) is 6.10 Å². The number of ether oxygens (including phenoxy) is 1. The quantitative estimate of drug-likeness (QED) is 0.510. The Morgan fingerprint density at radius 3 is 3.18 bits per heavy atom. The summed E-state index contributed by atoms with van der Waals surface area (Å²) < 4.78 is 5.37. The molecule has 1 atom stereocenters. The van der Waals surface area contributed by atoms with E-state index in [-0.39, 0.29) is 0 Å². The Bertz CT molecular complexity index is 172. The van der Waals surface area contributed by atoms with Gasteiger partial charge in [-0.15, -0.1) is 0 Å². The van der Waals surface area contributed by atoms with Crippen LogP contribution < -0.4 is 0 Å². The van der Waals surface area contributed by atoms with Gasteiger partial charge in [0.25, 0.3) is 0 Å². The highest BCUT2D eigenvalue weighted by Gasteiger charge is 2.06. The van der Waals surface area contributed by atoms with Gasteiger partial charge in [0, 0.05) is 5.33 Å². The van der Waals surface area contributed by atoms with Crippen molar-refractivity contribution in [3.63, 3.8) is 0 Å². The lowest BCUT2D eigenvalue weighted by Crippen LogP contribution is -2.09. The number of hydrogen-bond donors (Lipinski definition) is 0. The molecule has 1 nitrogen and oxygen atoms in total. The molecule has 0 radical (unpaired) electrons. The molecular formula is C9H13BrO. The van der Waals surface area contributed by atoms with E-state index in [1.807, 2.05) is 0 Å². The van der Waals surface area contributed by atoms with Crippen LogP contribution in [0.3, 0.4) is 0 Å². The molecule has 0 aromatic heterocycles. The number of halogens is 1. The van der Waals surface area contributed by atoms with Crippen LogP contribution in [0.15, 0.2) is 24.0 Å². The maximum absolute atomic E-state index is 5.37. The lowest BCUT2D eigenvalue weighted by Gasteiger charge is -2.16. The predicted octanol–water partition coefficient (Wildman–Crippen LogP) is 3.02. The average molecular weight is 217 g/mol. The molecule has 11 heavy (non-hydrogen) atoms. The monoisotopic (exact) mass is 216 g/mol. The smallest absolute Gasteiger partial charge is 0.116 e. The molecule has 0 spiro atoms.